The van der Waals surface area contributed by atoms with Crippen molar-refractivity contribution in [1.82, 2.24) is 0 Å². The summed E-state index contributed by atoms with van der Waals surface area (Å²) in [5, 5.41) is 0. The van der Waals surface area contributed by atoms with Gasteiger partial charge in [-0.3, -0.25) is 0 Å². The lowest BCUT2D eigenvalue weighted by Crippen LogP contribution is -2.23. The van der Waals surface area contributed by atoms with Crippen LogP contribution in [0.4, 0.5) is 13.2 Å². The fraction of sp³-hybridized carbons (Fsp3) is 0.520. The highest BCUT2D eigenvalue weighted by Gasteiger charge is 2.30. The summed E-state index contributed by atoms with van der Waals surface area (Å²) in [7, 11) is 0. The maximum Gasteiger partial charge on any atom is 0.134 e. The lowest BCUT2D eigenvalue weighted by molar-refractivity contribution is 0.186. The third kappa shape index (κ3) is 3.99. The van der Waals surface area contributed by atoms with Crippen molar-refractivity contribution in [2.45, 2.75) is 70.6 Å². The number of rotatable bonds is 3. The second-order valence-electron chi connectivity index (χ2n) is 8.83. The Bertz CT molecular complexity index is 805. The molecule has 2 fully saturated rings. The van der Waals surface area contributed by atoms with Gasteiger partial charge in [0.2, 0.25) is 0 Å². The van der Waals surface area contributed by atoms with Crippen molar-refractivity contribution in [3.8, 4) is 11.1 Å². The van der Waals surface area contributed by atoms with Crippen LogP contribution in [0.2, 0.25) is 0 Å². The van der Waals surface area contributed by atoms with Gasteiger partial charge in [0.05, 0.1) is 5.56 Å². The van der Waals surface area contributed by atoms with Crippen molar-refractivity contribution < 1.29 is 13.2 Å². The van der Waals surface area contributed by atoms with E-state index in [1.165, 1.54) is 63.1 Å². The molecule has 2 aliphatic rings. The van der Waals surface area contributed by atoms with Crippen molar-refractivity contribution in [3.05, 3.63) is 58.9 Å². The molecule has 2 saturated carbocycles. The largest absolute Gasteiger partial charge is 0.207 e. The van der Waals surface area contributed by atoms with E-state index in [4.69, 9.17) is 0 Å². The van der Waals surface area contributed by atoms with Crippen LogP contribution < -0.4 is 0 Å². The van der Waals surface area contributed by atoms with Gasteiger partial charge in [-0.15, -0.1) is 0 Å². The van der Waals surface area contributed by atoms with Gasteiger partial charge in [-0.25, -0.2) is 13.2 Å². The molecule has 2 aromatic rings. The minimum absolute atomic E-state index is 0.126. The Morgan fingerprint density at radius 2 is 1.29 bits per heavy atom. The second kappa shape index (κ2) is 8.31. The molecule has 0 atom stereocenters. The summed E-state index contributed by atoms with van der Waals surface area (Å²) >= 11 is 0. The second-order valence-corrected chi connectivity index (χ2v) is 8.83. The quantitative estimate of drug-likeness (QED) is 0.502. The zero-order chi connectivity index (χ0) is 19.7. The number of benzene rings is 2. The molecular formula is C25H29F3. The first-order chi connectivity index (χ1) is 13.5. The Hall–Kier alpha value is -1.77. The van der Waals surface area contributed by atoms with Crippen LogP contribution in [0.5, 0.6) is 0 Å². The predicted octanol–water partition coefficient (Wildman–Crippen LogP) is 7.93. The molecule has 0 heterocycles. The van der Waals surface area contributed by atoms with Crippen molar-refractivity contribution in [2.75, 3.05) is 0 Å². The SMILES string of the molecule is Cc1ccc(-c2c(F)cc(C3CCC(C4CCCCC4)CC3)cc2F)cc1F. The normalized spacial score (nSPS) is 23.7. The van der Waals surface area contributed by atoms with Crippen molar-refractivity contribution >= 4 is 0 Å². The van der Waals surface area contributed by atoms with E-state index in [1.54, 1.807) is 19.1 Å². The van der Waals surface area contributed by atoms with Crippen LogP contribution in [0.3, 0.4) is 0 Å². The zero-order valence-electron chi connectivity index (χ0n) is 16.6. The summed E-state index contributed by atoms with van der Waals surface area (Å²) in [6, 6.07) is 7.30. The highest BCUT2D eigenvalue weighted by molar-refractivity contribution is 5.66. The van der Waals surface area contributed by atoms with Gasteiger partial charge < -0.3 is 0 Å². The maximum atomic E-state index is 14.8. The smallest absolute Gasteiger partial charge is 0.134 e. The van der Waals surface area contributed by atoms with Crippen LogP contribution in [0.1, 0.15) is 74.8 Å². The Balaban J connectivity index is 1.50. The molecule has 0 amide bonds. The van der Waals surface area contributed by atoms with Gasteiger partial charge in [0.1, 0.15) is 17.5 Å². The van der Waals surface area contributed by atoms with Crippen molar-refractivity contribution in [3.63, 3.8) is 0 Å². The van der Waals surface area contributed by atoms with Crippen LogP contribution in [0, 0.1) is 36.2 Å². The molecule has 0 saturated heterocycles. The standard InChI is InChI=1S/C25H29F3/c1-16-7-8-20(13-22(16)26)25-23(27)14-21(15-24(25)28)19-11-9-18(10-12-19)17-5-3-2-4-6-17/h7-8,13-15,17-19H,2-6,9-12H2,1H3. The number of aryl methyl sites for hydroxylation is 1. The molecule has 28 heavy (non-hydrogen) atoms. The van der Waals surface area contributed by atoms with E-state index < -0.39 is 17.5 Å². The van der Waals surface area contributed by atoms with E-state index in [-0.39, 0.29) is 17.0 Å². The van der Waals surface area contributed by atoms with E-state index in [0.717, 1.165) is 30.2 Å². The van der Waals surface area contributed by atoms with E-state index in [1.807, 2.05) is 0 Å². The Kier molecular flexibility index (Phi) is 5.80. The lowest BCUT2D eigenvalue weighted by atomic mass is 9.70. The topological polar surface area (TPSA) is 0 Å². The van der Waals surface area contributed by atoms with Crippen LogP contribution >= 0.6 is 0 Å². The van der Waals surface area contributed by atoms with Gasteiger partial charge in [0, 0.05) is 0 Å². The van der Waals surface area contributed by atoms with E-state index >= 15 is 0 Å². The van der Waals surface area contributed by atoms with Gasteiger partial charge in [-0.1, -0.05) is 44.2 Å². The lowest BCUT2D eigenvalue weighted by Gasteiger charge is -2.36. The third-order valence-corrected chi connectivity index (χ3v) is 7.08. The molecule has 0 aromatic heterocycles. The predicted molar refractivity (Wildman–Crippen MR) is 108 cm³/mol. The van der Waals surface area contributed by atoms with Gasteiger partial charge >= 0.3 is 0 Å². The zero-order valence-corrected chi connectivity index (χ0v) is 16.6. The van der Waals surface area contributed by atoms with Gasteiger partial charge in [-0.05, 0) is 85.3 Å². The molecule has 0 unspecified atom stereocenters. The van der Waals surface area contributed by atoms with E-state index in [2.05, 4.69) is 0 Å². The Morgan fingerprint density at radius 1 is 0.679 bits per heavy atom. The van der Waals surface area contributed by atoms with Crippen LogP contribution in [0.15, 0.2) is 30.3 Å². The average Bonchev–Trinajstić information content (AvgIpc) is 2.71. The fourth-order valence-corrected chi connectivity index (χ4v) is 5.38. The number of halogens is 3. The molecule has 0 N–H and O–H groups in total. The monoisotopic (exact) mass is 386 g/mol. The molecule has 2 aromatic carbocycles. The first kappa shape index (κ1) is 19.5. The summed E-state index contributed by atoms with van der Waals surface area (Å²) in [4.78, 5) is 0. The summed E-state index contributed by atoms with van der Waals surface area (Å²) < 4.78 is 43.4. The maximum absolute atomic E-state index is 14.8. The fourth-order valence-electron chi connectivity index (χ4n) is 5.38. The van der Waals surface area contributed by atoms with Gasteiger partial charge in [-0.2, -0.15) is 0 Å². The summed E-state index contributed by atoms with van der Waals surface area (Å²) in [5.41, 5.74) is 1.36. The molecule has 0 nitrogen and oxygen atoms in total. The summed E-state index contributed by atoms with van der Waals surface area (Å²) in [5.74, 6) is 0.261. The van der Waals surface area contributed by atoms with Crippen LogP contribution in [0.25, 0.3) is 11.1 Å². The summed E-state index contributed by atoms with van der Waals surface area (Å²) in [6.07, 6.45) is 11.2. The van der Waals surface area contributed by atoms with Crippen LogP contribution in [-0.4, -0.2) is 0 Å². The molecule has 3 heteroatoms. The molecule has 150 valence electrons. The minimum atomic E-state index is -0.590. The molecular weight excluding hydrogens is 357 g/mol. The molecule has 4 rings (SSSR count). The first-order valence-corrected chi connectivity index (χ1v) is 10.8. The molecule has 0 bridgehead atoms. The Labute approximate surface area is 166 Å². The highest BCUT2D eigenvalue weighted by atomic mass is 19.1. The Morgan fingerprint density at radius 3 is 1.89 bits per heavy atom. The highest BCUT2D eigenvalue weighted by Crippen LogP contribution is 2.43. The van der Waals surface area contributed by atoms with Crippen molar-refractivity contribution in [1.29, 1.82) is 0 Å². The van der Waals surface area contributed by atoms with E-state index in [9.17, 15) is 13.2 Å². The molecule has 0 spiro atoms. The van der Waals surface area contributed by atoms with Gasteiger partial charge in [0.25, 0.3) is 0 Å². The van der Waals surface area contributed by atoms with Crippen LogP contribution in [-0.2, 0) is 0 Å². The molecule has 0 aliphatic heterocycles. The minimum Gasteiger partial charge on any atom is -0.207 e. The van der Waals surface area contributed by atoms with E-state index in [0.29, 0.717) is 5.56 Å². The number of hydrogen-bond acceptors (Lipinski definition) is 0. The average molecular weight is 387 g/mol. The van der Waals surface area contributed by atoms with Crippen molar-refractivity contribution in [2.24, 2.45) is 11.8 Å². The first-order valence-electron chi connectivity index (χ1n) is 10.8. The summed E-state index contributed by atoms with van der Waals surface area (Å²) in [6.45, 7) is 1.64. The molecule has 0 radical (unpaired) electrons. The molecule has 2 aliphatic carbocycles. The van der Waals surface area contributed by atoms with Gasteiger partial charge in [0.15, 0.2) is 0 Å². The number of hydrogen-bond donors (Lipinski definition) is 0. The third-order valence-electron chi connectivity index (χ3n) is 7.08.